The van der Waals surface area contributed by atoms with E-state index < -0.39 is 10.0 Å². The summed E-state index contributed by atoms with van der Waals surface area (Å²) in [7, 11) is -3.70. The van der Waals surface area contributed by atoms with E-state index in [1.54, 1.807) is 42.5 Å². The molecule has 0 saturated carbocycles. The highest BCUT2D eigenvalue weighted by molar-refractivity contribution is 7.92. The molecule has 0 aliphatic carbocycles. The third kappa shape index (κ3) is 5.09. The first-order valence-electron chi connectivity index (χ1n) is 8.67. The molecule has 28 heavy (non-hydrogen) atoms. The van der Waals surface area contributed by atoms with Crippen LogP contribution in [0.5, 0.6) is 0 Å². The number of nitrogens with one attached hydrogen (secondary N) is 3. The number of benzene rings is 3. The van der Waals surface area contributed by atoms with E-state index in [2.05, 4.69) is 15.4 Å². The van der Waals surface area contributed by atoms with Gasteiger partial charge in [0.1, 0.15) is 0 Å². The zero-order valence-corrected chi connectivity index (χ0v) is 17.2. The molecule has 0 spiro atoms. The molecule has 5 nitrogen and oxygen atoms in total. The van der Waals surface area contributed by atoms with Crippen LogP contribution in [0.15, 0.2) is 77.7 Å². The average Bonchev–Trinajstić information content (AvgIpc) is 2.65. The molecule has 0 saturated heterocycles. The molecule has 0 radical (unpaired) electrons. The van der Waals surface area contributed by atoms with Gasteiger partial charge in [0.25, 0.3) is 10.0 Å². The first-order chi connectivity index (χ1) is 13.3. The first-order valence-corrected chi connectivity index (χ1v) is 10.6. The van der Waals surface area contributed by atoms with Crippen molar-refractivity contribution in [2.24, 2.45) is 0 Å². The third-order valence-electron chi connectivity index (χ3n) is 4.07. The van der Waals surface area contributed by atoms with Crippen molar-refractivity contribution in [3.8, 4) is 0 Å². The van der Waals surface area contributed by atoms with E-state index in [1.165, 1.54) is 6.07 Å². The number of aryl methyl sites for hydroxylation is 2. The van der Waals surface area contributed by atoms with Crippen LogP contribution in [0, 0.1) is 13.8 Å². The van der Waals surface area contributed by atoms with Crippen LogP contribution in [-0.4, -0.2) is 13.5 Å². The van der Waals surface area contributed by atoms with E-state index in [4.69, 9.17) is 12.2 Å². The van der Waals surface area contributed by atoms with Gasteiger partial charge in [-0.25, -0.2) is 8.42 Å². The number of anilines is 3. The van der Waals surface area contributed by atoms with Gasteiger partial charge in [-0.05, 0) is 73.6 Å². The Morgan fingerprint density at radius 2 is 1.54 bits per heavy atom. The lowest BCUT2D eigenvalue weighted by molar-refractivity contribution is 0.601. The van der Waals surface area contributed by atoms with Gasteiger partial charge in [0, 0.05) is 17.1 Å². The number of hydrogen-bond donors (Lipinski definition) is 3. The van der Waals surface area contributed by atoms with Gasteiger partial charge in [-0.1, -0.05) is 36.4 Å². The van der Waals surface area contributed by atoms with Crippen molar-refractivity contribution in [1.29, 1.82) is 0 Å². The van der Waals surface area contributed by atoms with E-state index in [0.29, 0.717) is 16.5 Å². The van der Waals surface area contributed by atoms with Crippen LogP contribution in [0.25, 0.3) is 0 Å². The minimum atomic E-state index is -3.70. The molecule has 3 aromatic rings. The number of rotatable bonds is 5. The predicted molar refractivity (Wildman–Crippen MR) is 119 cm³/mol. The molecule has 0 atom stereocenters. The van der Waals surface area contributed by atoms with Crippen molar-refractivity contribution in [3.63, 3.8) is 0 Å². The van der Waals surface area contributed by atoms with Crippen LogP contribution in [0.1, 0.15) is 11.1 Å². The van der Waals surface area contributed by atoms with Gasteiger partial charge in [0.15, 0.2) is 5.11 Å². The quantitative estimate of drug-likeness (QED) is 0.520. The minimum Gasteiger partial charge on any atom is -0.332 e. The maximum Gasteiger partial charge on any atom is 0.261 e. The molecule has 3 rings (SSSR count). The van der Waals surface area contributed by atoms with Crippen molar-refractivity contribution in [3.05, 3.63) is 83.9 Å². The Hall–Kier alpha value is -2.90. The van der Waals surface area contributed by atoms with Crippen LogP contribution < -0.4 is 15.4 Å². The summed E-state index contributed by atoms with van der Waals surface area (Å²) in [5.74, 6) is 0. The van der Waals surface area contributed by atoms with Crippen molar-refractivity contribution in [2.75, 3.05) is 15.4 Å². The summed E-state index contributed by atoms with van der Waals surface area (Å²) in [4.78, 5) is 0.149. The summed E-state index contributed by atoms with van der Waals surface area (Å²) < 4.78 is 27.8. The Morgan fingerprint density at radius 1 is 0.821 bits per heavy atom. The highest BCUT2D eigenvalue weighted by Crippen LogP contribution is 2.20. The Labute approximate surface area is 170 Å². The van der Waals surface area contributed by atoms with Gasteiger partial charge in [-0.3, -0.25) is 4.72 Å². The maximum absolute atomic E-state index is 12.6. The second kappa shape index (κ2) is 8.41. The Kier molecular flexibility index (Phi) is 5.96. The van der Waals surface area contributed by atoms with Crippen molar-refractivity contribution >= 4 is 44.4 Å². The topological polar surface area (TPSA) is 70.2 Å². The monoisotopic (exact) mass is 411 g/mol. The van der Waals surface area contributed by atoms with Crippen molar-refractivity contribution in [1.82, 2.24) is 0 Å². The fraction of sp³-hybridized carbons (Fsp3) is 0.0952. The zero-order chi connectivity index (χ0) is 20.1. The van der Waals surface area contributed by atoms with Crippen LogP contribution in [0.3, 0.4) is 0 Å². The highest BCUT2D eigenvalue weighted by atomic mass is 32.2. The lowest BCUT2D eigenvalue weighted by Crippen LogP contribution is -2.20. The minimum absolute atomic E-state index is 0.149. The fourth-order valence-electron chi connectivity index (χ4n) is 2.62. The van der Waals surface area contributed by atoms with Gasteiger partial charge in [-0.2, -0.15) is 0 Å². The Bertz CT molecular complexity index is 1100. The molecule has 3 aromatic carbocycles. The van der Waals surface area contributed by atoms with E-state index in [0.717, 1.165) is 16.8 Å². The molecule has 144 valence electrons. The van der Waals surface area contributed by atoms with Gasteiger partial charge in [0.05, 0.1) is 4.90 Å². The molecule has 7 heteroatoms. The molecule has 0 aliphatic rings. The van der Waals surface area contributed by atoms with Gasteiger partial charge < -0.3 is 10.6 Å². The second-order valence-corrected chi connectivity index (χ2v) is 8.49. The summed E-state index contributed by atoms with van der Waals surface area (Å²) in [6.45, 7) is 4.00. The molecule has 0 aliphatic heterocycles. The number of thiocarbonyl (C=S) groups is 1. The Morgan fingerprint density at radius 3 is 2.29 bits per heavy atom. The Balaban J connectivity index is 1.74. The number of sulfonamides is 1. The van der Waals surface area contributed by atoms with Gasteiger partial charge in [-0.15, -0.1) is 0 Å². The molecule has 3 N–H and O–H groups in total. The zero-order valence-electron chi connectivity index (χ0n) is 15.6. The fourth-order valence-corrected chi connectivity index (χ4v) is 3.95. The molecule has 0 amide bonds. The predicted octanol–water partition coefficient (Wildman–Crippen LogP) is 4.91. The smallest absolute Gasteiger partial charge is 0.261 e. The van der Waals surface area contributed by atoms with Crippen LogP contribution in [-0.2, 0) is 10.0 Å². The number of hydrogen-bond acceptors (Lipinski definition) is 3. The van der Waals surface area contributed by atoms with Crippen molar-refractivity contribution < 1.29 is 8.42 Å². The van der Waals surface area contributed by atoms with Gasteiger partial charge >= 0.3 is 0 Å². The lowest BCUT2D eigenvalue weighted by Gasteiger charge is -2.14. The molecule has 0 unspecified atom stereocenters. The van der Waals surface area contributed by atoms with Crippen LogP contribution in [0.2, 0.25) is 0 Å². The first kappa shape index (κ1) is 19.9. The molecule has 0 aromatic heterocycles. The SMILES string of the molecule is Cc1ccc(C)c(NC(=S)Nc2cccc(S(=O)(=O)Nc3ccccc3)c2)c1. The molecule has 0 bridgehead atoms. The molecule has 0 heterocycles. The number of para-hydroxylation sites is 1. The summed E-state index contributed by atoms with van der Waals surface area (Å²) in [6.07, 6.45) is 0. The summed E-state index contributed by atoms with van der Waals surface area (Å²) >= 11 is 5.38. The van der Waals surface area contributed by atoms with E-state index in [1.807, 2.05) is 38.1 Å². The summed E-state index contributed by atoms with van der Waals surface area (Å²) in [6, 6.07) is 21.3. The summed E-state index contributed by atoms with van der Waals surface area (Å²) in [5.41, 5.74) is 4.19. The highest BCUT2D eigenvalue weighted by Gasteiger charge is 2.15. The average molecular weight is 412 g/mol. The normalized spacial score (nSPS) is 10.9. The lowest BCUT2D eigenvalue weighted by atomic mass is 10.1. The second-order valence-electron chi connectivity index (χ2n) is 6.40. The van der Waals surface area contributed by atoms with E-state index in [9.17, 15) is 8.42 Å². The third-order valence-corrected chi connectivity index (χ3v) is 5.65. The van der Waals surface area contributed by atoms with E-state index in [-0.39, 0.29) is 4.90 Å². The molecular weight excluding hydrogens is 390 g/mol. The molecular formula is C21H21N3O2S2. The van der Waals surface area contributed by atoms with Crippen molar-refractivity contribution in [2.45, 2.75) is 18.7 Å². The van der Waals surface area contributed by atoms with Crippen LogP contribution >= 0.6 is 12.2 Å². The van der Waals surface area contributed by atoms with Gasteiger partial charge in [0.2, 0.25) is 0 Å². The largest absolute Gasteiger partial charge is 0.332 e. The maximum atomic E-state index is 12.6. The van der Waals surface area contributed by atoms with E-state index >= 15 is 0 Å². The summed E-state index contributed by atoms with van der Waals surface area (Å²) in [5, 5.41) is 6.58. The standard InChI is InChI=1S/C21H21N3O2S2/c1-15-11-12-16(2)20(13-15)23-21(27)22-18-9-6-10-19(14-18)28(25,26)24-17-7-4-3-5-8-17/h3-14,24H,1-2H3,(H2,22,23,27). The van der Waals surface area contributed by atoms with Crippen LogP contribution in [0.4, 0.5) is 17.1 Å². The molecule has 0 fully saturated rings.